The minimum absolute atomic E-state index is 0.0933. The van der Waals surface area contributed by atoms with Gasteiger partial charge in [0, 0.05) is 24.6 Å². The highest BCUT2D eigenvalue weighted by Crippen LogP contribution is 2.40. The molecule has 8 nitrogen and oxygen atoms in total. The summed E-state index contributed by atoms with van der Waals surface area (Å²) in [7, 11) is 1.63. The molecule has 0 saturated heterocycles. The molecule has 0 fully saturated rings. The number of aromatic hydroxyl groups is 2. The van der Waals surface area contributed by atoms with E-state index < -0.39 is 4.92 Å². The third-order valence-corrected chi connectivity index (χ3v) is 3.45. The Morgan fingerprint density at radius 1 is 1.09 bits per heavy atom. The van der Waals surface area contributed by atoms with Crippen LogP contribution in [0.3, 0.4) is 0 Å². The molecule has 3 rings (SSSR count). The Balaban J connectivity index is 2.12. The van der Waals surface area contributed by atoms with Crippen molar-refractivity contribution in [3.8, 4) is 11.6 Å². The molecule has 0 aliphatic heterocycles. The van der Waals surface area contributed by atoms with Crippen molar-refractivity contribution in [3.05, 3.63) is 52.6 Å². The molecule has 1 aromatic heterocycles. The summed E-state index contributed by atoms with van der Waals surface area (Å²) in [6, 6.07) is 10.3. The van der Waals surface area contributed by atoms with Gasteiger partial charge >= 0.3 is 0 Å². The van der Waals surface area contributed by atoms with Crippen molar-refractivity contribution in [3.63, 3.8) is 0 Å². The van der Waals surface area contributed by atoms with Crippen LogP contribution < -0.4 is 0 Å². The number of hydrogen-bond donors (Lipinski definition) is 2. The smallest absolute Gasteiger partial charge is 0.270 e. The van der Waals surface area contributed by atoms with Crippen molar-refractivity contribution < 1.29 is 15.1 Å². The largest absolute Gasteiger partial charge is 0.508 e. The third-order valence-electron chi connectivity index (χ3n) is 3.45. The van der Waals surface area contributed by atoms with E-state index in [0.717, 1.165) is 0 Å². The third kappa shape index (κ3) is 2.57. The molecule has 2 N–H and O–H groups in total. The van der Waals surface area contributed by atoms with Gasteiger partial charge in [0.15, 0.2) is 5.69 Å². The van der Waals surface area contributed by atoms with E-state index in [9.17, 15) is 20.3 Å². The van der Waals surface area contributed by atoms with Crippen LogP contribution in [0.1, 0.15) is 0 Å². The van der Waals surface area contributed by atoms with Gasteiger partial charge in [-0.3, -0.25) is 10.1 Å². The van der Waals surface area contributed by atoms with E-state index >= 15 is 0 Å². The summed E-state index contributed by atoms with van der Waals surface area (Å²) in [4.78, 5) is 10.4. The van der Waals surface area contributed by atoms with Gasteiger partial charge in [-0.1, -0.05) is 0 Å². The SMILES string of the molecule is Cn1c(O)c(N=Nc2ccc(O)cc2)c2cc([N+](=O)[O-])ccc21. The van der Waals surface area contributed by atoms with Crippen LogP contribution in [0.25, 0.3) is 10.9 Å². The average molecular weight is 312 g/mol. The van der Waals surface area contributed by atoms with Gasteiger partial charge in [-0.25, -0.2) is 0 Å². The van der Waals surface area contributed by atoms with Crippen LogP contribution in [0.15, 0.2) is 52.7 Å². The summed E-state index contributed by atoms with van der Waals surface area (Å²) in [6.45, 7) is 0. The van der Waals surface area contributed by atoms with Crippen molar-refractivity contribution in [1.29, 1.82) is 0 Å². The van der Waals surface area contributed by atoms with Crippen molar-refractivity contribution >= 4 is 28.0 Å². The summed E-state index contributed by atoms with van der Waals surface area (Å²) in [5, 5.41) is 38.7. The molecule has 0 bridgehead atoms. The van der Waals surface area contributed by atoms with Crippen molar-refractivity contribution in [1.82, 2.24) is 4.57 Å². The maximum Gasteiger partial charge on any atom is 0.270 e. The first-order valence-electron chi connectivity index (χ1n) is 6.64. The molecule has 0 spiro atoms. The number of phenols is 1. The van der Waals surface area contributed by atoms with Gasteiger partial charge in [0.05, 0.1) is 16.1 Å². The second-order valence-corrected chi connectivity index (χ2v) is 4.91. The maximum absolute atomic E-state index is 10.9. The normalized spacial score (nSPS) is 11.3. The number of nitro benzene ring substituents is 1. The molecule has 0 aliphatic rings. The van der Waals surface area contributed by atoms with Gasteiger partial charge in [-0.05, 0) is 30.3 Å². The number of aryl methyl sites for hydroxylation is 1. The monoisotopic (exact) mass is 312 g/mol. The first-order valence-corrected chi connectivity index (χ1v) is 6.64. The first kappa shape index (κ1) is 14.5. The molecule has 1 heterocycles. The molecular weight excluding hydrogens is 300 g/mol. The topological polar surface area (TPSA) is 113 Å². The predicted molar refractivity (Wildman–Crippen MR) is 83.5 cm³/mol. The van der Waals surface area contributed by atoms with Crippen molar-refractivity contribution in [2.24, 2.45) is 17.3 Å². The lowest BCUT2D eigenvalue weighted by molar-refractivity contribution is -0.384. The standard InChI is InChI=1S/C15H12N4O4/c1-18-13-7-4-10(19(22)23)8-12(13)14(15(18)21)17-16-9-2-5-11(20)6-3-9/h2-8,20-21H,1H3. The van der Waals surface area contributed by atoms with Gasteiger partial charge in [-0.15, -0.1) is 5.11 Å². The Morgan fingerprint density at radius 2 is 1.78 bits per heavy atom. The van der Waals surface area contributed by atoms with E-state index in [1.807, 2.05) is 0 Å². The van der Waals surface area contributed by atoms with E-state index in [2.05, 4.69) is 10.2 Å². The van der Waals surface area contributed by atoms with Crippen LogP contribution in [-0.4, -0.2) is 19.7 Å². The Morgan fingerprint density at radius 3 is 2.43 bits per heavy atom. The summed E-state index contributed by atoms with van der Waals surface area (Å²) in [5.41, 5.74) is 1.14. The number of non-ortho nitro benzene ring substituents is 1. The summed E-state index contributed by atoms with van der Waals surface area (Å²) in [6.07, 6.45) is 0. The average Bonchev–Trinajstić information content (AvgIpc) is 2.78. The molecular formula is C15H12N4O4. The molecule has 0 atom stereocenters. The van der Waals surface area contributed by atoms with Gasteiger partial charge in [-0.2, -0.15) is 5.11 Å². The van der Waals surface area contributed by atoms with E-state index in [1.165, 1.54) is 28.8 Å². The van der Waals surface area contributed by atoms with E-state index in [0.29, 0.717) is 16.6 Å². The Hall–Kier alpha value is -3.42. The zero-order valence-corrected chi connectivity index (χ0v) is 12.0. The number of hydrogen-bond acceptors (Lipinski definition) is 6. The number of nitro groups is 1. The van der Waals surface area contributed by atoms with Gasteiger partial charge in [0.1, 0.15) is 5.75 Å². The first-order chi connectivity index (χ1) is 11.0. The second kappa shape index (κ2) is 5.41. The highest BCUT2D eigenvalue weighted by atomic mass is 16.6. The molecule has 0 amide bonds. The number of aromatic nitrogens is 1. The van der Waals surface area contributed by atoms with Crippen LogP contribution in [-0.2, 0) is 7.05 Å². The zero-order chi connectivity index (χ0) is 16.6. The van der Waals surface area contributed by atoms with Crippen molar-refractivity contribution in [2.75, 3.05) is 0 Å². The van der Waals surface area contributed by atoms with E-state index in [1.54, 1.807) is 25.2 Å². The number of benzene rings is 2. The Bertz CT molecular complexity index is 929. The van der Waals surface area contributed by atoms with Crippen LogP contribution in [0, 0.1) is 10.1 Å². The molecule has 2 aromatic carbocycles. The zero-order valence-electron chi connectivity index (χ0n) is 12.0. The van der Waals surface area contributed by atoms with Gasteiger partial charge in [0.25, 0.3) is 5.69 Å². The predicted octanol–water partition coefficient (Wildman–Crippen LogP) is 3.91. The van der Waals surface area contributed by atoms with Crippen molar-refractivity contribution in [2.45, 2.75) is 0 Å². The molecule has 8 heteroatoms. The molecule has 0 saturated carbocycles. The second-order valence-electron chi connectivity index (χ2n) is 4.91. The highest BCUT2D eigenvalue weighted by molar-refractivity contribution is 5.96. The molecule has 23 heavy (non-hydrogen) atoms. The fourth-order valence-corrected chi connectivity index (χ4v) is 2.24. The number of nitrogens with zero attached hydrogens (tertiary/aromatic N) is 4. The fourth-order valence-electron chi connectivity index (χ4n) is 2.24. The van der Waals surface area contributed by atoms with Crippen LogP contribution in [0.2, 0.25) is 0 Å². The lowest BCUT2D eigenvalue weighted by atomic mass is 10.2. The lowest BCUT2D eigenvalue weighted by Gasteiger charge is -1.96. The lowest BCUT2D eigenvalue weighted by Crippen LogP contribution is -1.88. The summed E-state index contributed by atoms with van der Waals surface area (Å²) in [5.74, 6) is -0.0318. The van der Waals surface area contributed by atoms with Crippen LogP contribution in [0.5, 0.6) is 11.6 Å². The Labute approximate surface area is 130 Å². The number of rotatable bonds is 3. The minimum Gasteiger partial charge on any atom is -0.508 e. The van der Waals surface area contributed by atoms with E-state index in [4.69, 9.17) is 0 Å². The van der Waals surface area contributed by atoms with E-state index in [-0.39, 0.29) is 23.0 Å². The molecule has 0 unspecified atom stereocenters. The minimum atomic E-state index is -0.510. The maximum atomic E-state index is 10.9. The molecule has 116 valence electrons. The molecule has 3 aromatic rings. The summed E-state index contributed by atoms with van der Waals surface area (Å²) < 4.78 is 1.48. The summed E-state index contributed by atoms with van der Waals surface area (Å²) >= 11 is 0. The highest BCUT2D eigenvalue weighted by Gasteiger charge is 2.17. The number of azo groups is 1. The quantitative estimate of drug-likeness (QED) is 0.433. The van der Waals surface area contributed by atoms with Gasteiger partial charge in [0.2, 0.25) is 5.88 Å². The Kier molecular flexibility index (Phi) is 3.41. The van der Waals surface area contributed by atoms with Crippen LogP contribution in [0.4, 0.5) is 17.1 Å². The molecule has 0 radical (unpaired) electrons. The number of fused-ring (bicyclic) bond motifs is 1. The van der Waals surface area contributed by atoms with Gasteiger partial charge < -0.3 is 14.8 Å². The van der Waals surface area contributed by atoms with Crippen LogP contribution >= 0.6 is 0 Å². The molecule has 0 aliphatic carbocycles. The number of phenolic OH excluding ortho intramolecular Hbond substituents is 1. The fraction of sp³-hybridized carbons (Fsp3) is 0.0667.